The van der Waals surface area contributed by atoms with Gasteiger partial charge in [0.25, 0.3) is 0 Å². The zero-order valence-corrected chi connectivity index (χ0v) is 10.1. The molecular weight excluding hydrogens is 230 g/mol. The molecule has 0 aliphatic rings. The Labute approximate surface area is 105 Å². The van der Waals surface area contributed by atoms with Crippen molar-refractivity contribution in [3.8, 4) is 0 Å². The van der Waals surface area contributed by atoms with Gasteiger partial charge in [0.2, 0.25) is 0 Å². The molecule has 0 aromatic carbocycles. The lowest BCUT2D eigenvalue weighted by Crippen LogP contribution is -2.01. The highest BCUT2D eigenvalue weighted by atomic mass is 16.4. The van der Waals surface area contributed by atoms with E-state index in [-0.39, 0.29) is 5.56 Å². The van der Waals surface area contributed by atoms with Crippen molar-refractivity contribution < 1.29 is 9.90 Å². The van der Waals surface area contributed by atoms with Gasteiger partial charge in [-0.1, -0.05) is 0 Å². The first-order valence-electron chi connectivity index (χ1n) is 5.47. The third-order valence-corrected chi connectivity index (χ3v) is 2.50. The number of carboxylic acid groups (broad SMARTS) is 1. The fourth-order valence-corrected chi connectivity index (χ4v) is 1.55. The SMILES string of the molecule is Cc1ccc(Nc2ccc(C(=O)O)cn2)c(C)n1. The number of carbonyl (C=O) groups is 1. The summed E-state index contributed by atoms with van der Waals surface area (Å²) < 4.78 is 0. The molecule has 0 aliphatic heterocycles. The summed E-state index contributed by atoms with van der Waals surface area (Å²) >= 11 is 0. The Balaban J connectivity index is 2.21. The quantitative estimate of drug-likeness (QED) is 0.866. The predicted octanol–water partition coefficient (Wildman–Crippen LogP) is 2.54. The van der Waals surface area contributed by atoms with E-state index in [0.717, 1.165) is 17.1 Å². The number of hydrogen-bond acceptors (Lipinski definition) is 4. The fourth-order valence-electron chi connectivity index (χ4n) is 1.55. The molecule has 0 bridgehead atoms. The Bertz CT molecular complexity index is 579. The first-order chi connectivity index (χ1) is 8.56. The summed E-state index contributed by atoms with van der Waals surface area (Å²) in [5.41, 5.74) is 2.85. The third-order valence-electron chi connectivity index (χ3n) is 2.50. The highest BCUT2D eigenvalue weighted by Crippen LogP contribution is 2.17. The summed E-state index contributed by atoms with van der Waals surface area (Å²) in [6.07, 6.45) is 1.32. The van der Waals surface area contributed by atoms with Crippen molar-refractivity contribution in [2.75, 3.05) is 5.32 Å². The highest BCUT2D eigenvalue weighted by Gasteiger charge is 2.04. The Morgan fingerprint density at radius 3 is 2.56 bits per heavy atom. The number of carboxylic acids is 1. The molecule has 0 fully saturated rings. The van der Waals surface area contributed by atoms with Crippen molar-refractivity contribution in [1.82, 2.24) is 9.97 Å². The summed E-state index contributed by atoms with van der Waals surface area (Å²) in [6, 6.07) is 6.96. The maximum atomic E-state index is 10.7. The minimum Gasteiger partial charge on any atom is -0.478 e. The molecule has 5 nitrogen and oxygen atoms in total. The summed E-state index contributed by atoms with van der Waals surface area (Å²) in [7, 11) is 0. The largest absolute Gasteiger partial charge is 0.478 e. The Kier molecular flexibility index (Phi) is 3.23. The molecule has 2 heterocycles. The van der Waals surface area contributed by atoms with Crippen LogP contribution in [-0.2, 0) is 0 Å². The molecule has 0 amide bonds. The monoisotopic (exact) mass is 243 g/mol. The Morgan fingerprint density at radius 1 is 1.22 bits per heavy atom. The van der Waals surface area contributed by atoms with Crippen LogP contribution in [0.4, 0.5) is 11.5 Å². The lowest BCUT2D eigenvalue weighted by molar-refractivity contribution is 0.0696. The molecule has 0 atom stereocenters. The predicted molar refractivity (Wildman–Crippen MR) is 68.2 cm³/mol. The fraction of sp³-hybridized carbons (Fsp3) is 0.154. The van der Waals surface area contributed by atoms with E-state index in [1.807, 2.05) is 26.0 Å². The van der Waals surface area contributed by atoms with Crippen molar-refractivity contribution >= 4 is 17.5 Å². The molecular formula is C13H13N3O2. The van der Waals surface area contributed by atoms with Crippen molar-refractivity contribution in [2.24, 2.45) is 0 Å². The molecule has 0 aliphatic carbocycles. The van der Waals surface area contributed by atoms with Crippen molar-refractivity contribution in [1.29, 1.82) is 0 Å². The molecule has 0 radical (unpaired) electrons. The second kappa shape index (κ2) is 4.83. The van der Waals surface area contributed by atoms with E-state index in [1.165, 1.54) is 12.3 Å². The summed E-state index contributed by atoms with van der Waals surface area (Å²) in [5.74, 6) is -0.393. The number of aromatic nitrogens is 2. The number of aryl methyl sites for hydroxylation is 2. The second-order valence-corrected chi connectivity index (χ2v) is 3.95. The third kappa shape index (κ3) is 2.63. The van der Waals surface area contributed by atoms with Crippen LogP contribution < -0.4 is 5.32 Å². The van der Waals surface area contributed by atoms with Gasteiger partial charge in [-0.2, -0.15) is 0 Å². The van der Waals surface area contributed by atoms with E-state index in [9.17, 15) is 4.79 Å². The lowest BCUT2D eigenvalue weighted by Gasteiger charge is -2.08. The molecule has 5 heteroatoms. The van der Waals surface area contributed by atoms with Crippen LogP contribution >= 0.6 is 0 Å². The van der Waals surface area contributed by atoms with Gasteiger partial charge in [-0.15, -0.1) is 0 Å². The highest BCUT2D eigenvalue weighted by molar-refractivity contribution is 5.87. The Morgan fingerprint density at radius 2 is 2.00 bits per heavy atom. The molecule has 2 N–H and O–H groups in total. The van der Waals surface area contributed by atoms with Gasteiger partial charge in [0.15, 0.2) is 0 Å². The van der Waals surface area contributed by atoms with Crippen LogP contribution in [0.2, 0.25) is 0 Å². The average molecular weight is 243 g/mol. The number of nitrogens with zero attached hydrogens (tertiary/aromatic N) is 2. The van der Waals surface area contributed by atoms with Gasteiger partial charge >= 0.3 is 5.97 Å². The van der Waals surface area contributed by atoms with Crippen LogP contribution in [0, 0.1) is 13.8 Å². The van der Waals surface area contributed by atoms with E-state index in [1.54, 1.807) is 6.07 Å². The maximum Gasteiger partial charge on any atom is 0.337 e. The van der Waals surface area contributed by atoms with Gasteiger partial charge in [-0.3, -0.25) is 4.98 Å². The van der Waals surface area contributed by atoms with Gasteiger partial charge in [-0.25, -0.2) is 9.78 Å². The standard InChI is InChI=1S/C13H13N3O2/c1-8-3-5-11(9(2)15-8)16-12-6-4-10(7-14-12)13(17)18/h3-7H,1-2H3,(H,14,16)(H,17,18). The van der Waals surface area contributed by atoms with Crippen LogP contribution in [0.1, 0.15) is 21.7 Å². The zero-order valence-electron chi connectivity index (χ0n) is 10.1. The van der Waals surface area contributed by atoms with Crippen LogP contribution in [0.25, 0.3) is 0 Å². The smallest absolute Gasteiger partial charge is 0.337 e. The molecule has 0 spiro atoms. The van der Waals surface area contributed by atoms with Crippen LogP contribution in [-0.4, -0.2) is 21.0 Å². The summed E-state index contributed by atoms with van der Waals surface area (Å²) in [5, 5.41) is 11.9. The van der Waals surface area contributed by atoms with Gasteiger partial charge in [0, 0.05) is 11.9 Å². The lowest BCUT2D eigenvalue weighted by atomic mass is 10.2. The zero-order chi connectivity index (χ0) is 13.1. The van der Waals surface area contributed by atoms with E-state index in [4.69, 9.17) is 5.11 Å². The molecule has 2 aromatic rings. The van der Waals surface area contributed by atoms with E-state index >= 15 is 0 Å². The summed E-state index contributed by atoms with van der Waals surface area (Å²) in [4.78, 5) is 19.1. The number of hydrogen-bond donors (Lipinski definition) is 2. The number of anilines is 2. The molecule has 18 heavy (non-hydrogen) atoms. The van der Waals surface area contributed by atoms with Crippen molar-refractivity contribution in [3.05, 3.63) is 47.4 Å². The number of aromatic carboxylic acids is 1. The summed E-state index contributed by atoms with van der Waals surface area (Å²) in [6.45, 7) is 3.83. The normalized spacial score (nSPS) is 10.1. The van der Waals surface area contributed by atoms with Crippen molar-refractivity contribution in [3.63, 3.8) is 0 Å². The second-order valence-electron chi connectivity index (χ2n) is 3.95. The molecule has 2 aromatic heterocycles. The van der Waals surface area contributed by atoms with E-state index < -0.39 is 5.97 Å². The maximum absolute atomic E-state index is 10.7. The van der Waals surface area contributed by atoms with Gasteiger partial charge in [0.05, 0.1) is 16.9 Å². The first kappa shape index (κ1) is 12.0. The molecule has 2 rings (SSSR count). The average Bonchev–Trinajstić information content (AvgIpc) is 2.33. The van der Waals surface area contributed by atoms with Gasteiger partial charge < -0.3 is 10.4 Å². The van der Waals surface area contributed by atoms with Crippen LogP contribution in [0.15, 0.2) is 30.5 Å². The number of rotatable bonds is 3. The van der Waals surface area contributed by atoms with Crippen molar-refractivity contribution in [2.45, 2.75) is 13.8 Å². The molecule has 0 unspecified atom stereocenters. The molecule has 92 valence electrons. The van der Waals surface area contributed by atoms with E-state index in [0.29, 0.717) is 5.82 Å². The topological polar surface area (TPSA) is 75.1 Å². The number of pyridine rings is 2. The molecule has 0 saturated heterocycles. The first-order valence-corrected chi connectivity index (χ1v) is 5.47. The number of nitrogens with one attached hydrogen (secondary N) is 1. The van der Waals surface area contributed by atoms with Crippen LogP contribution in [0.5, 0.6) is 0 Å². The Hall–Kier alpha value is -2.43. The van der Waals surface area contributed by atoms with Gasteiger partial charge in [-0.05, 0) is 38.1 Å². The minimum absolute atomic E-state index is 0.166. The minimum atomic E-state index is -0.984. The van der Waals surface area contributed by atoms with Gasteiger partial charge in [0.1, 0.15) is 5.82 Å². The van der Waals surface area contributed by atoms with E-state index in [2.05, 4.69) is 15.3 Å². The molecule has 0 saturated carbocycles. The van der Waals surface area contributed by atoms with Crippen LogP contribution in [0.3, 0.4) is 0 Å².